The van der Waals surface area contributed by atoms with Crippen molar-refractivity contribution in [2.75, 3.05) is 18.9 Å². The summed E-state index contributed by atoms with van der Waals surface area (Å²) in [4.78, 5) is 22.6. The van der Waals surface area contributed by atoms with Crippen LogP contribution in [-0.2, 0) is 6.42 Å². The maximum absolute atomic E-state index is 12.7. The van der Waals surface area contributed by atoms with Crippen molar-refractivity contribution < 1.29 is 4.79 Å². The molecule has 1 amide bonds. The van der Waals surface area contributed by atoms with E-state index in [0.29, 0.717) is 17.1 Å². The molecule has 0 aliphatic carbocycles. The van der Waals surface area contributed by atoms with Gasteiger partial charge in [-0.15, -0.1) is 0 Å². The average Bonchev–Trinajstić information content (AvgIpc) is 2.69. The summed E-state index contributed by atoms with van der Waals surface area (Å²) in [7, 11) is 1.80. The smallest absolute Gasteiger partial charge is 0.255 e. The number of carbonyl (C=O) groups is 1. The molecule has 0 unspecified atom stereocenters. The minimum atomic E-state index is -0.0620. The average molecular weight is 381 g/mol. The number of nitrogens with one attached hydrogen (secondary N) is 1. The topological polar surface area (TPSA) is 58.1 Å². The first kappa shape index (κ1) is 18.9. The van der Waals surface area contributed by atoms with Crippen molar-refractivity contribution in [1.82, 2.24) is 14.9 Å². The third-order valence-electron chi connectivity index (χ3n) is 4.28. The van der Waals surface area contributed by atoms with Gasteiger partial charge in [0.15, 0.2) is 0 Å². The Balaban J connectivity index is 1.67. The molecule has 5 nitrogen and oxygen atoms in total. The van der Waals surface area contributed by atoms with Crippen LogP contribution in [0.5, 0.6) is 0 Å². The molecule has 2 heterocycles. The minimum Gasteiger partial charge on any atom is -0.354 e. The molecule has 0 saturated heterocycles. The molecule has 0 radical (unpaired) electrons. The number of aryl methyl sites for hydroxylation is 1. The van der Waals surface area contributed by atoms with Crippen molar-refractivity contribution in [2.45, 2.75) is 13.3 Å². The lowest BCUT2D eigenvalue weighted by molar-refractivity contribution is 0.0796. The Labute approximate surface area is 164 Å². The normalized spacial score (nSPS) is 10.5. The van der Waals surface area contributed by atoms with Crippen LogP contribution in [0.3, 0.4) is 0 Å². The molecule has 0 spiro atoms. The SMILES string of the molecule is Cc1cc(Cl)ccc1Nc1cncc(C(=O)N(C)CCc2ccncc2)c1. The van der Waals surface area contributed by atoms with Crippen molar-refractivity contribution >= 4 is 28.9 Å². The lowest BCUT2D eigenvalue weighted by Crippen LogP contribution is -2.29. The van der Waals surface area contributed by atoms with Crippen LogP contribution >= 0.6 is 11.6 Å². The summed E-state index contributed by atoms with van der Waals surface area (Å²) in [6, 6.07) is 11.3. The van der Waals surface area contributed by atoms with Crippen LogP contribution < -0.4 is 5.32 Å². The molecule has 2 aromatic heterocycles. The molecular weight excluding hydrogens is 360 g/mol. The van der Waals surface area contributed by atoms with Crippen molar-refractivity contribution in [2.24, 2.45) is 0 Å². The van der Waals surface area contributed by atoms with Gasteiger partial charge in [0.05, 0.1) is 17.4 Å². The van der Waals surface area contributed by atoms with Gasteiger partial charge in [-0.3, -0.25) is 14.8 Å². The minimum absolute atomic E-state index is 0.0620. The van der Waals surface area contributed by atoms with Gasteiger partial charge in [-0.25, -0.2) is 0 Å². The molecule has 0 atom stereocenters. The summed E-state index contributed by atoms with van der Waals surface area (Å²) >= 11 is 6.00. The van der Waals surface area contributed by atoms with E-state index in [0.717, 1.165) is 28.9 Å². The monoisotopic (exact) mass is 380 g/mol. The highest BCUT2D eigenvalue weighted by Gasteiger charge is 2.13. The lowest BCUT2D eigenvalue weighted by Gasteiger charge is -2.18. The number of nitrogens with zero attached hydrogens (tertiary/aromatic N) is 3. The molecule has 0 aliphatic rings. The zero-order valence-electron chi connectivity index (χ0n) is 15.3. The first-order valence-electron chi connectivity index (χ1n) is 8.65. The summed E-state index contributed by atoms with van der Waals surface area (Å²) in [5, 5.41) is 3.98. The number of anilines is 2. The van der Waals surface area contributed by atoms with E-state index in [-0.39, 0.29) is 5.91 Å². The van der Waals surface area contributed by atoms with Crippen molar-refractivity contribution in [1.29, 1.82) is 0 Å². The Morgan fingerprint density at radius 1 is 1.11 bits per heavy atom. The fourth-order valence-electron chi connectivity index (χ4n) is 2.72. The summed E-state index contributed by atoms with van der Waals surface area (Å²) in [6.45, 7) is 2.60. The molecule has 1 aromatic carbocycles. The number of carbonyl (C=O) groups excluding carboxylic acids is 1. The van der Waals surface area contributed by atoms with Gasteiger partial charge in [0, 0.05) is 42.9 Å². The predicted octanol–water partition coefficient (Wildman–Crippen LogP) is 4.50. The summed E-state index contributed by atoms with van der Waals surface area (Å²) in [5.41, 5.74) is 4.40. The van der Waals surface area contributed by atoms with Crippen LogP contribution in [0.15, 0.2) is 61.2 Å². The lowest BCUT2D eigenvalue weighted by atomic mass is 10.1. The van der Waals surface area contributed by atoms with Gasteiger partial charge in [-0.2, -0.15) is 0 Å². The van der Waals surface area contributed by atoms with Crippen molar-refractivity contribution in [3.8, 4) is 0 Å². The molecule has 0 fully saturated rings. The molecular formula is C21H21ClN4O. The molecule has 3 rings (SSSR count). The third-order valence-corrected chi connectivity index (χ3v) is 4.52. The van der Waals surface area contributed by atoms with Crippen LogP contribution in [0.1, 0.15) is 21.5 Å². The first-order chi connectivity index (χ1) is 13.0. The Bertz CT molecular complexity index is 930. The van der Waals surface area contributed by atoms with E-state index in [1.807, 2.05) is 43.3 Å². The highest BCUT2D eigenvalue weighted by Crippen LogP contribution is 2.23. The second-order valence-corrected chi connectivity index (χ2v) is 6.82. The quantitative estimate of drug-likeness (QED) is 0.684. The Morgan fingerprint density at radius 2 is 1.89 bits per heavy atom. The summed E-state index contributed by atoms with van der Waals surface area (Å²) in [5.74, 6) is -0.0620. The van der Waals surface area contributed by atoms with Crippen LogP contribution in [-0.4, -0.2) is 34.4 Å². The van der Waals surface area contributed by atoms with Crippen LogP contribution in [0.2, 0.25) is 5.02 Å². The number of pyridine rings is 2. The van der Waals surface area contributed by atoms with Gasteiger partial charge < -0.3 is 10.2 Å². The van der Waals surface area contributed by atoms with Crippen LogP contribution in [0.4, 0.5) is 11.4 Å². The highest BCUT2D eigenvalue weighted by molar-refractivity contribution is 6.30. The van der Waals surface area contributed by atoms with E-state index in [1.165, 1.54) is 0 Å². The highest BCUT2D eigenvalue weighted by atomic mass is 35.5. The summed E-state index contributed by atoms with van der Waals surface area (Å²) in [6.07, 6.45) is 7.58. The number of benzene rings is 1. The second-order valence-electron chi connectivity index (χ2n) is 6.38. The number of halogens is 1. The van der Waals surface area contributed by atoms with Gasteiger partial charge in [-0.1, -0.05) is 11.6 Å². The van der Waals surface area contributed by atoms with E-state index in [9.17, 15) is 4.79 Å². The fourth-order valence-corrected chi connectivity index (χ4v) is 2.94. The van der Waals surface area contributed by atoms with E-state index >= 15 is 0 Å². The number of aromatic nitrogens is 2. The first-order valence-corrected chi connectivity index (χ1v) is 9.03. The number of likely N-dealkylation sites (N-methyl/N-ethyl adjacent to an activating group) is 1. The summed E-state index contributed by atoms with van der Waals surface area (Å²) < 4.78 is 0. The zero-order valence-corrected chi connectivity index (χ0v) is 16.1. The molecule has 0 saturated carbocycles. The van der Waals surface area contributed by atoms with Gasteiger partial charge in [0.25, 0.3) is 5.91 Å². The van der Waals surface area contributed by atoms with E-state index in [4.69, 9.17) is 11.6 Å². The standard InChI is InChI=1S/C21H21ClN4O/c1-15-11-18(22)3-4-20(15)25-19-12-17(13-24-14-19)21(27)26(2)10-7-16-5-8-23-9-6-16/h3-6,8-9,11-14,25H,7,10H2,1-2H3. The molecule has 27 heavy (non-hydrogen) atoms. The molecule has 0 bridgehead atoms. The Morgan fingerprint density at radius 3 is 2.63 bits per heavy atom. The maximum Gasteiger partial charge on any atom is 0.255 e. The van der Waals surface area contributed by atoms with Crippen LogP contribution in [0.25, 0.3) is 0 Å². The molecule has 138 valence electrons. The molecule has 1 N–H and O–H groups in total. The van der Waals surface area contributed by atoms with Gasteiger partial charge in [0.1, 0.15) is 0 Å². The van der Waals surface area contributed by atoms with Crippen LogP contribution in [0, 0.1) is 6.92 Å². The maximum atomic E-state index is 12.7. The van der Waals surface area contributed by atoms with E-state index in [2.05, 4.69) is 15.3 Å². The second kappa shape index (κ2) is 8.64. The van der Waals surface area contributed by atoms with Gasteiger partial charge in [0.2, 0.25) is 0 Å². The number of rotatable bonds is 6. The van der Waals surface area contributed by atoms with E-state index in [1.54, 1.807) is 36.7 Å². The molecule has 6 heteroatoms. The largest absolute Gasteiger partial charge is 0.354 e. The fraction of sp³-hybridized carbons (Fsp3) is 0.190. The number of hydrogen-bond donors (Lipinski definition) is 1. The number of amides is 1. The Kier molecular flexibility index (Phi) is 6.04. The number of hydrogen-bond acceptors (Lipinski definition) is 4. The van der Waals surface area contributed by atoms with Crippen molar-refractivity contribution in [3.05, 3.63) is 82.9 Å². The molecule has 3 aromatic rings. The van der Waals surface area contributed by atoms with Gasteiger partial charge in [-0.05, 0) is 60.9 Å². The van der Waals surface area contributed by atoms with E-state index < -0.39 is 0 Å². The zero-order chi connectivity index (χ0) is 19.2. The predicted molar refractivity (Wildman–Crippen MR) is 109 cm³/mol. The Hall–Kier alpha value is -2.92. The van der Waals surface area contributed by atoms with Crippen molar-refractivity contribution in [3.63, 3.8) is 0 Å². The third kappa shape index (κ3) is 5.05. The van der Waals surface area contributed by atoms with Gasteiger partial charge >= 0.3 is 0 Å². The molecule has 0 aliphatic heterocycles.